The first kappa shape index (κ1) is 27.3. The monoisotopic (exact) mass is 581 g/mol. The highest BCUT2D eigenvalue weighted by Crippen LogP contribution is 2.35. The average molecular weight is 583 g/mol. The van der Waals surface area contributed by atoms with Crippen molar-refractivity contribution in [3.63, 3.8) is 0 Å². The van der Waals surface area contributed by atoms with E-state index in [0.717, 1.165) is 17.7 Å². The van der Waals surface area contributed by atoms with E-state index in [1.807, 2.05) is 12.1 Å². The van der Waals surface area contributed by atoms with Gasteiger partial charge in [-0.3, -0.25) is 14.4 Å². The van der Waals surface area contributed by atoms with Crippen molar-refractivity contribution in [2.24, 2.45) is 0 Å². The number of rotatable bonds is 8. The first-order chi connectivity index (χ1) is 17.7. The number of carboxylic acid groups (broad SMARTS) is 1. The van der Waals surface area contributed by atoms with Crippen LogP contribution in [0.3, 0.4) is 0 Å². The maximum Gasteiger partial charge on any atom is 0.328 e. The topological polar surface area (TPSA) is 116 Å². The lowest BCUT2D eigenvalue weighted by atomic mass is 9.95. The molecule has 4 rings (SSSR count). The van der Waals surface area contributed by atoms with Crippen LogP contribution >= 0.6 is 46.6 Å². The number of hydrogen-bond acceptors (Lipinski definition) is 5. The lowest BCUT2D eigenvalue weighted by Gasteiger charge is -2.30. The van der Waals surface area contributed by atoms with Gasteiger partial charge in [0, 0.05) is 36.0 Å². The molecule has 2 aromatic rings. The van der Waals surface area contributed by atoms with Gasteiger partial charge in [0.05, 0.1) is 20.5 Å². The fourth-order valence-electron chi connectivity index (χ4n) is 4.07. The van der Waals surface area contributed by atoms with Gasteiger partial charge in [0.2, 0.25) is 0 Å². The smallest absolute Gasteiger partial charge is 0.328 e. The van der Waals surface area contributed by atoms with Crippen molar-refractivity contribution in [1.82, 2.24) is 15.5 Å². The molecule has 194 valence electrons. The van der Waals surface area contributed by atoms with Crippen molar-refractivity contribution in [3.05, 3.63) is 78.6 Å². The molecular formula is C25H22Cl3N3O5S. The number of carbonyl (C=O) groups excluding carboxylic acids is 3. The largest absolute Gasteiger partial charge is 0.480 e. The summed E-state index contributed by atoms with van der Waals surface area (Å²) in [5, 5.41) is 15.0. The number of nitrogens with zero attached hydrogens (tertiary/aromatic N) is 1. The Morgan fingerprint density at radius 3 is 2.49 bits per heavy atom. The summed E-state index contributed by atoms with van der Waals surface area (Å²) >= 11 is 20.2. The van der Waals surface area contributed by atoms with Gasteiger partial charge in [-0.25, -0.2) is 4.79 Å². The van der Waals surface area contributed by atoms with Crippen molar-refractivity contribution in [2.45, 2.75) is 25.4 Å². The number of carboxylic acids is 1. The highest BCUT2D eigenvalue weighted by Gasteiger charge is 2.32. The first-order valence-electron chi connectivity index (χ1n) is 11.3. The zero-order valence-corrected chi connectivity index (χ0v) is 22.4. The van der Waals surface area contributed by atoms with Crippen LogP contribution in [0, 0.1) is 0 Å². The van der Waals surface area contributed by atoms with Crippen LogP contribution in [0.2, 0.25) is 15.1 Å². The number of thioether (sulfide) groups is 1. The predicted octanol–water partition coefficient (Wildman–Crippen LogP) is 4.17. The molecule has 1 atom stereocenters. The normalized spacial score (nSPS) is 15.6. The SMILES string of the molecule is O=C(NC[C@H](NC(=O)c1c(Cl)cc2c(c1Cl)CCN(Cc1ccc(Cl)cc1)C2=O)C(=O)O)C1=CCCS1. The number of hydrogen-bond donors (Lipinski definition) is 3. The zero-order valence-electron chi connectivity index (χ0n) is 19.4. The van der Waals surface area contributed by atoms with Crippen LogP contribution in [0.5, 0.6) is 0 Å². The quantitative estimate of drug-likeness (QED) is 0.430. The summed E-state index contributed by atoms with van der Waals surface area (Å²) in [7, 11) is 0. The summed E-state index contributed by atoms with van der Waals surface area (Å²) in [4.78, 5) is 52.3. The van der Waals surface area contributed by atoms with Crippen LogP contribution in [-0.2, 0) is 22.6 Å². The number of fused-ring (bicyclic) bond motifs is 1. The second kappa shape index (κ2) is 11.8. The summed E-state index contributed by atoms with van der Waals surface area (Å²) in [5.74, 6) is -2.03. The Morgan fingerprint density at radius 2 is 1.84 bits per heavy atom. The highest BCUT2D eigenvalue weighted by atomic mass is 35.5. The number of benzene rings is 2. The Bertz CT molecular complexity index is 1300. The van der Waals surface area contributed by atoms with Crippen molar-refractivity contribution < 1.29 is 24.3 Å². The Kier molecular flexibility index (Phi) is 8.69. The predicted molar refractivity (Wildman–Crippen MR) is 143 cm³/mol. The summed E-state index contributed by atoms with van der Waals surface area (Å²) in [6.07, 6.45) is 2.93. The molecule has 2 aliphatic rings. The third-order valence-electron chi connectivity index (χ3n) is 5.98. The van der Waals surface area contributed by atoms with Gasteiger partial charge in [0.15, 0.2) is 0 Å². The van der Waals surface area contributed by atoms with E-state index >= 15 is 0 Å². The maximum absolute atomic E-state index is 13.2. The van der Waals surface area contributed by atoms with E-state index in [-0.39, 0.29) is 33.6 Å². The van der Waals surface area contributed by atoms with Gasteiger partial charge in [0.1, 0.15) is 6.04 Å². The van der Waals surface area contributed by atoms with Crippen LogP contribution in [0.25, 0.3) is 0 Å². The second-order valence-electron chi connectivity index (χ2n) is 8.46. The maximum atomic E-state index is 13.2. The molecule has 0 fully saturated rings. The molecule has 2 aromatic carbocycles. The Balaban J connectivity index is 1.49. The minimum absolute atomic E-state index is 0.000165. The van der Waals surface area contributed by atoms with Crippen molar-refractivity contribution >= 4 is 70.3 Å². The van der Waals surface area contributed by atoms with Gasteiger partial charge in [0.25, 0.3) is 17.7 Å². The molecule has 3 amide bonds. The summed E-state index contributed by atoms with van der Waals surface area (Å²) in [5.41, 5.74) is 1.55. The minimum Gasteiger partial charge on any atom is -0.480 e. The number of halogens is 3. The highest BCUT2D eigenvalue weighted by molar-refractivity contribution is 8.04. The minimum atomic E-state index is -1.41. The lowest BCUT2D eigenvalue weighted by molar-refractivity contribution is -0.139. The van der Waals surface area contributed by atoms with E-state index in [1.54, 1.807) is 23.1 Å². The molecule has 0 saturated heterocycles. The van der Waals surface area contributed by atoms with Gasteiger partial charge in [-0.1, -0.05) is 53.0 Å². The van der Waals surface area contributed by atoms with E-state index in [9.17, 15) is 24.3 Å². The van der Waals surface area contributed by atoms with E-state index in [0.29, 0.717) is 35.0 Å². The van der Waals surface area contributed by atoms with E-state index < -0.39 is 23.8 Å². The number of aliphatic carboxylic acids is 1. The lowest BCUT2D eigenvalue weighted by Crippen LogP contribution is -2.48. The van der Waals surface area contributed by atoms with Crippen molar-refractivity contribution in [3.8, 4) is 0 Å². The fourth-order valence-corrected chi connectivity index (χ4v) is 5.81. The number of allylic oxidation sites excluding steroid dienone is 1. The van der Waals surface area contributed by atoms with Gasteiger partial charge in [-0.2, -0.15) is 0 Å². The first-order valence-corrected chi connectivity index (χ1v) is 13.5. The zero-order chi connectivity index (χ0) is 26.7. The molecule has 37 heavy (non-hydrogen) atoms. The Morgan fingerprint density at radius 1 is 1.11 bits per heavy atom. The molecule has 2 heterocycles. The molecule has 2 aliphatic heterocycles. The van der Waals surface area contributed by atoms with Gasteiger partial charge in [-0.15, -0.1) is 11.8 Å². The molecule has 0 radical (unpaired) electrons. The average Bonchev–Trinajstić information content (AvgIpc) is 3.40. The van der Waals surface area contributed by atoms with Crippen LogP contribution in [0.15, 0.2) is 41.3 Å². The number of amides is 3. The Hall–Kier alpha value is -2.72. The van der Waals surface area contributed by atoms with Crippen LogP contribution in [0.1, 0.15) is 38.3 Å². The van der Waals surface area contributed by atoms with Gasteiger partial charge in [-0.05, 0) is 42.2 Å². The molecule has 0 spiro atoms. The molecule has 12 heteroatoms. The van der Waals surface area contributed by atoms with Crippen molar-refractivity contribution in [2.75, 3.05) is 18.8 Å². The molecular weight excluding hydrogens is 561 g/mol. The molecule has 3 N–H and O–H groups in total. The fraction of sp³-hybridized carbons (Fsp3) is 0.280. The van der Waals surface area contributed by atoms with E-state index in [4.69, 9.17) is 34.8 Å². The van der Waals surface area contributed by atoms with Crippen LogP contribution in [0.4, 0.5) is 0 Å². The number of nitrogens with one attached hydrogen (secondary N) is 2. The summed E-state index contributed by atoms with van der Waals surface area (Å²) in [6.45, 7) is 0.416. The van der Waals surface area contributed by atoms with E-state index in [1.165, 1.54) is 17.8 Å². The third-order valence-corrected chi connectivity index (χ3v) is 8.05. The molecule has 0 bridgehead atoms. The van der Waals surface area contributed by atoms with Crippen molar-refractivity contribution in [1.29, 1.82) is 0 Å². The molecule has 0 aromatic heterocycles. The van der Waals surface area contributed by atoms with E-state index in [2.05, 4.69) is 10.6 Å². The second-order valence-corrected chi connectivity index (χ2v) is 10.8. The van der Waals surface area contributed by atoms with Gasteiger partial charge < -0.3 is 20.6 Å². The standard InChI is InChI=1S/C25H22Cl3N3O5S/c26-14-5-3-13(4-6-14)12-31-8-7-15-16(24(31)34)10-17(27)20(21(15)28)23(33)30-18(25(35)36)11-29-22(32)19-2-1-9-37-19/h2-6,10,18H,1,7-9,11-12H2,(H,29,32)(H,30,33)(H,35,36)/t18-/m0/s1. The van der Waals surface area contributed by atoms with Crippen LogP contribution < -0.4 is 10.6 Å². The summed E-state index contributed by atoms with van der Waals surface area (Å²) in [6, 6.07) is 7.14. The summed E-state index contributed by atoms with van der Waals surface area (Å²) < 4.78 is 0. The third kappa shape index (κ3) is 6.23. The molecule has 8 nitrogen and oxygen atoms in total. The van der Waals surface area contributed by atoms with Crippen LogP contribution in [-0.4, -0.2) is 58.6 Å². The number of carbonyl (C=O) groups is 4. The Labute approximate surface area is 232 Å². The molecule has 0 saturated carbocycles. The molecule has 0 aliphatic carbocycles. The molecule has 0 unspecified atom stereocenters. The van der Waals surface area contributed by atoms with Gasteiger partial charge >= 0.3 is 5.97 Å².